The van der Waals surface area contributed by atoms with Gasteiger partial charge >= 0.3 is 26.8 Å². The van der Waals surface area contributed by atoms with Crippen LogP contribution in [0.25, 0.3) is 0 Å². The molecule has 0 unspecified atom stereocenters. The molecule has 34 heavy (non-hydrogen) atoms. The lowest BCUT2D eigenvalue weighted by Crippen LogP contribution is -2.57. The fraction of sp³-hybridized carbons (Fsp3) is 0.435. The number of amides is 2. The molecule has 0 atom stereocenters. The molecule has 10 nitrogen and oxygen atoms in total. The maximum atomic E-state index is 13.4. The molecule has 0 saturated carbocycles. The Morgan fingerprint density at radius 3 is 1.91 bits per heavy atom. The first-order valence-electron chi connectivity index (χ1n) is 10.6. The Kier molecular flexibility index (Phi) is 12.2. The zero-order valence-electron chi connectivity index (χ0n) is 20.2. The van der Waals surface area contributed by atoms with Crippen LogP contribution in [0, 0.1) is 0 Å². The van der Waals surface area contributed by atoms with E-state index in [9.17, 15) is 14.4 Å². The van der Waals surface area contributed by atoms with Crippen LogP contribution >= 0.6 is 0 Å². The van der Waals surface area contributed by atoms with Gasteiger partial charge in [-0.3, -0.25) is 4.90 Å². The highest BCUT2D eigenvalue weighted by Gasteiger charge is 2.38. The van der Waals surface area contributed by atoms with Crippen molar-refractivity contribution in [2.24, 2.45) is 0 Å². The maximum absolute atomic E-state index is 13.4. The first kappa shape index (κ1) is 29.0. The Hall–Kier alpha value is -2.99. The number of hydrogen-bond donors (Lipinski definition) is 1. The molecular weight excluding hydrogens is 460 g/mol. The number of nitrogens with one attached hydrogen (secondary N) is 1. The zero-order chi connectivity index (χ0) is 25.6. The average Bonchev–Trinajstić information content (AvgIpc) is 2.86. The van der Waals surface area contributed by atoms with Gasteiger partial charge in [-0.1, -0.05) is 31.4 Å². The molecule has 0 aliphatic heterocycles. The van der Waals surface area contributed by atoms with Crippen LogP contribution in [0.4, 0.5) is 10.5 Å². The SMILES string of the molecule is C=CC(=O)OCC(C)(COC(=O)C=C)NC(=O)N(CCC[Si](OC)(OC)OC)c1ccccc1. The molecule has 2 amide bonds. The quantitative estimate of drug-likeness (QED) is 0.225. The molecule has 188 valence electrons. The first-order chi connectivity index (χ1) is 16.2. The lowest BCUT2D eigenvalue weighted by Gasteiger charge is -2.33. The molecule has 11 heteroatoms. The Morgan fingerprint density at radius 2 is 1.47 bits per heavy atom. The number of para-hydroxylation sites is 1. The topological polar surface area (TPSA) is 113 Å². The summed E-state index contributed by atoms with van der Waals surface area (Å²) < 4.78 is 26.6. The molecule has 0 aliphatic rings. The maximum Gasteiger partial charge on any atom is 0.500 e. The number of ether oxygens (including phenoxy) is 2. The summed E-state index contributed by atoms with van der Waals surface area (Å²) in [6.07, 6.45) is 2.54. The predicted molar refractivity (Wildman–Crippen MR) is 129 cm³/mol. The monoisotopic (exact) mass is 494 g/mol. The number of urea groups is 1. The molecule has 0 fully saturated rings. The van der Waals surface area contributed by atoms with Gasteiger partial charge < -0.3 is 28.1 Å². The molecule has 0 spiro atoms. The van der Waals surface area contributed by atoms with E-state index >= 15 is 0 Å². The smallest absolute Gasteiger partial charge is 0.460 e. The van der Waals surface area contributed by atoms with Crippen molar-refractivity contribution in [3.05, 3.63) is 55.6 Å². The Morgan fingerprint density at radius 1 is 0.971 bits per heavy atom. The summed E-state index contributed by atoms with van der Waals surface area (Å²) in [6.45, 7) is 8.13. The fourth-order valence-corrected chi connectivity index (χ4v) is 4.69. The van der Waals surface area contributed by atoms with Gasteiger partial charge in [0.25, 0.3) is 0 Å². The van der Waals surface area contributed by atoms with Gasteiger partial charge in [-0.25, -0.2) is 14.4 Å². The molecule has 0 radical (unpaired) electrons. The normalized spacial score (nSPS) is 11.3. The highest BCUT2D eigenvalue weighted by Crippen LogP contribution is 2.20. The molecule has 1 aromatic rings. The minimum atomic E-state index is -2.82. The number of carbonyl (C=O) groups is 3. The van der Waals surface area contributed by atoms with E-state index < -0.39 is 32.3 Å². The highest BCUT2D eigenvalue weighted by molar-refractivity contribution is 6.60. The molecule has 1 aromatic carbocycles. The summed E-state index contributed by atoms with van der Waals surface area (Å²) in [5.41, 5.74) is -0.570. The molecule has 0 aromatic heterocycles. The molecule has 1 N–H and O–H groups in total. The van der Waals surface area contributed by atoms with Gasteiger partial charge in [0.2, 0.25) is 0 Å². The molecule has 0 saturated heterocycles. The number of anilines is 1. The second-order valence-electron chi connectivity index (χ2n) is 7.50. The van der Waals surface area contributed by atoms with Crippen LogP contribution in [0.2, 0.25) is 6.04 Å². The van der Waals surface area contributed by atoms with Crippen molar-refractivity contribution in [3.63, 3.8) is 0 Å². The summed E-state index contributed by atoms with van der Waals surface area (Å²) in [5, 5.41) is 2.82. The van der Waals surface area contributed by atoms with Gasteiger partial charge in [0.15, 0.2) is 0 Å². The lowest BCUT2D eigenvalue weighted by molar-refractivity contribution is -0.144. The fourth-order valence-electron chi connectivity index (χ4n) is 2.98. The van der Waals surface area contributed by atoms with Crippen LogP contribution in [-0.4, -0.2) is 73.4 Å². The van der Waals surface area contributed by atoms with Crippen LogP contribution in [0.5, 0.6) is 0 Å². The molecule has 1 rings (SSSR count). The van der Waals surface area contributed by atoms with Crippen molar-refractivity contribution in [1.29, 1.82) is 0 Å². The predicted octanol–water partition coefficient (Wildman–Crippen LogP) is 2.69. The van der Waals surface area contributed by atoms with E-state index in [4.69, 9.17) is 22.8 Å². The van der Waals surface area contributed by atoms with Crippen LogP contribution in [0.3, 0.4) is 0 Å². The van der Waals surface area contributed by atoms with Gasteiger partial charge in [0.05, 0.1) is 0 Å². The summed E-state index contributed by atoms with van der Waals surface area (Å²) in [5.74, 6) is -1.34. The minimum Gasteiger partial charge on any atom is -0.460 e. The Bertz CT molecular complexity index is 797. The summed E-state index contributed by atoms with van der Waals surface area (Å²) >= 11 is 0. The van der Waals surface area contributed by atoms with E-state index in [0.29, 0.717) is 24.7 Å². The van der Waals surface area contributed by atoms with Gasteiger partial charge in [-0.05, 0) is 25.5 Å². The van der Waals surface area contributed by atoms with Crippen LogP contribution < -0.4 is 10.2 Å². The summed E-state index contributed by atoms with van der Waals surface area (Å²) in [6, 6.07) is 9.05. The third kappa shape index (κ3) is 9.10. The molecular formula is C23H34N2O8Si. The Balaban J connectivity index is 3.07. The van der Waals surface area contributed by atoms with Gasteiger partial charge in [0, 0.05) is 51.8 Å². The van der Waals surface area contributed by atoms with Crippen LogP contribution in [0.1, 0.15) is 13.3 Å². The number of rotatable bonds is 15. The van der Waals surface area contributed by atoms with Crippen LogP contribution in [0.15, 0.2) is 55.6 Å². The zero-order valence-corrected chi connectivity index (χ0v) is 21.2. The lowest BCUT2D eigenvalue weighted by atomic mass is 10.1. The van der Waals surface area contributed by atoms with Crippen molar-refractivity contribution in [1.82, 2.24) is 5.32 Å². The van der Waals surface area contributed by atoms with E-state index in [2.05, 4.69) is 18.5 Å². The first-order valence-corrected chi connectivity index (χ1v) is 12.5. The van der Waals surface area contributed by atoms with Gasteiger partial charge in [-0.2, -0.15) is 0 Å². The molecule has 0 bridgehead atoms. The van der Waals surface area contributed by atoms with Crippen molar-refractivity contribution in [2.75, 3.05) is 46.0 Å². The number of esters is 2. The largest absolute Gasteiger partial charge is 0.500 e. The van der Waals surface area contributed by atoms with Crippen LogP contribution in [-0.2, 0) is 32.3 Å². The number of benzene rings is 1. The molecule has 0 aliphatic carbocycles. The second kappa shape index (κ2) is 14.3. The van der Waals surface area contributed by atoms with E-state index in [1.54, 1.807) is 19.1 Å². The number of nitrogens with zero attached hydrogens (tertiary/aromatic N) is 1. The van der Waals surface area contributed by atoms with Gasteiger partial charge in [0.1, 0.15) is 18.8 Å². The minimum absolute atomic E-state index is 0.246. The number of hydrogen-bond acceptors (Lipinski definition) is 8. The third-order valence-corrected chi connectivity index (χ3v) is 7.75. The van der Waals surface area contributed by atoms with E-state index in [0.717, 1.165) is 12.2 Å². The van der Waals surface area contributed by atoms with E-state index in [1.807, 2.05) is 18.2 Å². The van der Waals surface area contributed by atoms with Crippen molar-refractivity contribution in [2.45, 2.75) is 24.9 Å². The summed E-state index contributed by atoms with van der Waals surface area (Å²) in [4.78, 5) is 38.1. The third-order valence-electron chi connectivity index (χ3n) is 4.92. The van der Waals surface area contributed by atoms with E-state index in [-0.39, 0.29) is 13.2 Å². The summed E-state index contributed by atoms with van der Waals surface area (Å²) in [7, 11) is 1.77. The highest BCUT2D eigenvalue weighted by atomic mass is 28.4. The Labute approximate surface area is 201 Å². The van der Waals surface area contributed by atoms with Crippen molar-refractivity contribution in [3.8, 4) is 0 Å². The van der Waals surface area contributed by atoms with Crippen molar-refractivity contribution >= 4 is 32.5 Å². The number of carbonyl (C=O) groups excluding carboxylic acids is 3. The second-order valence-corrected chi connectivity index (χ2v) is 10.6. The average molecular weight is 495 g/mol. The van der Waals surface area contributed by atoms with E-state index in [1.165, 1.54) is 26.2 Å². The molecule has 0 heterocycles. The standard InChI is InChI=1S/C23H34N2O8Si/c1-7-20(26)32-17-23(3,18-33-21(27)8-2)24-22(28)25(19-13-10-9-11-14-19)15-12-16-34(29-4,30-5)31-6/h7-11,13-14H,1-2,12,15-18H2,3-6H3,(H,24,28). The van der Waals surface area contributed by atoms with Gasteiger partial charge in [-0.15, -0.1) is 0 Å². The van der Waals surface area contributed by atoms with Crippen molar-refractivity contribution < 1.29 is 37.1 Å².